The van der Waals surface area contributed by atoms with Crippen molar-refractivity contribution in [1.29, 1.82) is 0 Å². The van der Waals surface area contributed by atoms with E-state index < -0.39 is 17.8 Å². The molecule has 0 spiro atoms. The Balaban J connectivity index is 1.69. The largest absolute Gasteiger partial charge is 0.462 e. The molecular weight excluding hydrogens is 535 g/mol. The molecule has 0 heterocycles. The van der Waals surface area contributed by atoms with Crippen molar-refractivity contribution >= 4 is 17.9 Å². The van der Waals surface area contributed by atoms with E-state index in [-0.39, 0.29) is 29.5 Å². The molecule has 0 amide bonds. The first-order chi connectivity index (χ1) is 20.4. The molecule has 2 aromatic carbocycles. The standard InChI is InChI=1S/C35H49FO6/c1-3-5-7-9-11-12-14-16-18-26-40-35(39)31-25-24-30(27-32(31)36)42-34(38)28-20-22-29(23-21-28)41-33(37)19-17-15-13-10-8-6-4-2/h20-25,27H,3-19,26H2,1-2H3. The second-order valence-corrected chi connectivity index (χ2v) is 10.9. The molecule has 0 aliphatic rings. The quantitative estimate of drug-likeness (QED) is 0.0779. The van der Waals surface area contributed by atoms with Gasteiger partial charge in [-0.15, -0.1) is 0 Å². The average molecular weight is 585 g/mol. The maximum absolute atomic E-state index is 14.6. The fourth-order valence-electron chi connectivity index (χ4n) is 4.61. The van der Waals surface area contributed by atoms with Crippen LogP contribution in [0.5, 0.6) is 11.5 Å². The third kappa shape index (κ3) is 14.6. The summed E-state index contributed by atoms with van der Waals surface area (Å²) in [4.78, 5) is 36.9. The smallest absolute Gasteiger partial charge is 0.343 e. The van der Waals surface area contributed by atoms with Gasteiger partial charge >= 0.3 is 17.9 Å². The highest BCUT2D eigenvalue weighted by Crippen LogP contribution is 2.21. The molecule has 42 heavy (non-hydrogen) atoms. The van der Waals surface area contributed by atoms with E-state index in [0.29, 0.717) is 12.2 Å². The number of carbonyl (C=O) groups is 3. The van der Waals surface area contributed by atoms with Crippen molar-refractivity contribution in [3.05, 3.63) is 59.4 Å². The van der Waals surface area contributed by atoms with Crippen LogP contribution in [0.4, 0.5) is 4.39 Å². The lowest BCUT2D eigenvalue weighted by Crippen LogP contribution is -2.11. The lowest BCUT2D eigenvalue weighted by Gasteiger charge is -2.09. The first-order valence-electron chi connectivity index (χ1n) is 15.9. The summed E-state index contributed by atoms with van der Waals surface area (Å²) in [6, 6.07) is 9.60. The Kier molecular flexibility index (Phi) is 17.9. The molecule has 232 valence electrons. The fraction of sp³-hybridized carbons (Fsp3) is 0.571. The van der Waals surface area contributed by atoms with Crippen LogP contribution in [0.15, 0.2) is 42.5 Å². The first kappa shape index (κ1) is 35.0. The van der Waals surface area contributed by atoms with Gasteiger partial charge < -0.3 is 14.2 Å². The summed E-state index contributed by atoms with van der Waals surface area (Å²) in [5.41, 5.74) is 0.0140. The zero-order valence-corrected chi connectivity index (χ0v) is 25.6. The SMILES string of the molecule is CCCCCCCCCCCOC(=O)c1ccc(OC(=O)c2ccc(OC(=O)CCCCCCCCC)cc2)cc1F. The van der Waals surface area contributed by atoms with Crippen LogP contribution in [0.2, 0.25) is 0 Å². The zero-order chi connectivity index (χ0) is 30.4. The van der Waals surface area contributed by atoms with E-state index in [9.17, 15) is 18.8 Å². The molecule has 0 bridgehead atoms. The number of hydrogen-bond donors (Lipinski definition) is 0. The number of ether oxygens (including phenoxy) is 3. The number of esters is 3. The molecule has 0 aromatic heterocycles. The van der Waals surface area contributed by atoms with Gasteiger partial charge in [-0.25, -0.2) is 14.0 Å². The summed E-state index contributed by atoms with van der Waals surface area (Å²) in [5, 5.41) is 0. The Bertz CT molecular complexity index is 1070. The average Bonchev–Trinajstić information content (AvgIpc) is 2.98. The summed E-state index contributed by atoms with van der Waals surface area (Å²) in [6.07, 6.45) is 18.5. The predicted molar refractivity (Wildman–Crippen MR) is 164 cm³/mol. The second-order valence-electron chi connectivity index (χ2n) is 10.9. The van der Waals surface area contributed by atoms with Crippen molar-refractivity contribution in [1.82, 2.24) is 0 Å². The van der Waals surface area contributed by atoms with Crippen molar-refractivity contribution < 1.29 is 33.0 Å². The Hall–Kier alpha value is -3.22. The number of hydrogen-bond acceptors (Lipinski definition) is 6. The van der Waals surface area contributed by atoms with Crippen LogP contribution >= 0.6 is 0 Å². The van der Waals surface area contributed by atoms with Gasteiger partial charge in [0.1, 0.15) is 17.3 Å². The van der Waals surface area contributed by atoms with E-state index in [1.54, 1.807) is 0 Å². The Morgan fingerprint density at radius 3 is 1.69 bits per heavy atom. The van der Waals surface area contributed by atoms with Gasteiger partial charge in [-0.05, 0) is 49.2 Å². The molecule has 0 atom stereocenters. The van der Waals surface area contributed by atoms with Crippen LogP contribution in [-0.2, 0) is 9.53 Å². The van der Waals surface area contributed by atoms with Crippen LogP contribution in [0.1, 0.15) is 144 Å². The molecule has 0 saturated heterocycles. The number of carbonyl (C=O) groups excluding carboxylic acids is 3. The van der Waals surface area contributed by atoms with Crippen LogP contribution in [0.25, 0.3) is 0 Å². The monoisotopic (exact) mass is 584 g/mol. The van der Waals surface area contributed by atoms with Gasteiger partial charge in [0.05, 0.1) is 17.7 Å². The molecule has 6 nitrogen and oxygen atoms in total. The van der Waals surface area contributed by atoms with Gasteiger partial charge in [0, 0.05) is 12.5 Å². The highest BCUT2D eigenvalue weighted by molar-refractivity contribution is 5.92. The van der Waals surface area contributed by atoms with E-state index in [1.807, 2.05) is 0 Å². The normalized spacial score (nSPS) is 10.8. The maximum atomic E-state index is 14.6. The number of halogens is 1. The van der Waals surface area contributed by atoms with Crippen LogP contribution < -0.4 is 9.47 Å². The summed E-state index contributed by atoms with van der Waals surface area (Å²) in [5.74, 6) is -2.24. The molecule has 0 N–H and O–H groups in total. The lowest BCUT2D eigenvalue weighted by molar-refractivity contribution is -0.134. The summed E-state index contributed by atoms with van der Waals surface area (Å²) < 4.78 is 30.4. The zero-order valence-electron chi connectivity index (χ0n) is 25.6. The second kappa shape index (κ2) is 21.5. The molecule has 0 radical (unpaired) electrons. The van der Waals surface area contributed by atoms with Crippen molar-refractivity contribution in [2.24, 2.45) is 0 Å². The molecule has 2 rings (SSSR count). The molecule has 0 saturated carbocycles. The maximum Gasteiger partial charge on any atom is 0.343 e. The Morgan fingerprint density at radius 1 is 0.595 bits per heavy atom. The Labute approximate surface area is 251 Å². The fourth-order valence-corrected chi connectivity index (χ4v) is 4.61. The number of benzene rings is 2. The van der Waals surface area contributed by atoms with Crippen molar-refractivity contribution in [3.8, 4) is 11.5 Å². The third-order valence-electron chi connectivity index (χ3n) is 7.16. The molecule has 0 aliphatic heterocycles. The van der Waals surface area contributed by atoms with Crippen LogP contribution in [0, 0.1) is 5.82 Å². The molecule has 2 aromatic rings. The van der Waals surface area contributed by atoms with Gasteiger partial charge in [-0.2, -0.15) is 0 Å². The van der Waals surface area contributed by atoms with E-state index in [2.05, 4.69) is 13.8 Å². The topological polar surface area (TPSA) is 78.9 Å². The molecule has 7 heteroatoms. The predicted octanol–water partition coefficient (Wildman–Crippen LogP) is 9.78. The number of unbranched alkanes of at least 4 members (excludes halogenated alkanes) is 14. The van der Waals surface area contributed by atoms with E-state index in [4.69, 9.17) is 14.2 Å². The highest BCUT2D eigenvalue weighted by Gasteiger charge is 2.16. The third-order valence-corrected chi connectivity index (χ3v) is 7.16. The van der Waals surface area contributed by atoms with Crippen LogP contribution in [-0.4, -0.2) is 24.5 Å². The molecule has 0 fully saturated rings. The van der Waals surface area contributed by atoms with E-state index >= 15 is 0 Å². The number of rotatable bonds is 22. The van der Waals surface area contributed by atoms with Crippen molar-refractivity contribution in [2.45, 2.75) is 123 Å². The first-order valence-corrected chi connectivity index (χ1v) is 15.9. The minimum Gasteiger partial charge on any atom is -0.462 e. The van der Waals surface area contributed by atoms with Gasteiger partial charge in [0.2, 0.25) is 0 Å². The summed E-state index contributed by atoms with van der Waals surface area (Å²) in [6.45, 7) is 4.64. The highest BCUT2D eigenvalue weighted by atomic mass is 19.1. The molecular formula is C35H49FO6. The van der Waals surface area contributed by atoms with Crippen LogP contribution in [0.3, 0.4) is 0 Å². The van der Waals surface area contributed by atoms with Gasteiger partial charge in [0.15, 0.2) is 0 Å². The van der Waals surface area contributed by atoms with E-state index in [0.717, 1.165) is 44.6 Å². The molecule has 0 aliphatic carbocycles. The summed E-state index contributed by atoms with van der Waals surface area (Å²) >= 11 is 0. The van der Waals surface area contributed by atoms with Gasteiger partial charge in [-0.1, -0.05) is 104 Å². The minimum atomic E-state index is -0.819. The van der Waals surface area contributed by atoms with Gasteiger partial charge in [0.25, 0.3) is 0 Å². The minimum absolute atomic E-state index is 0.0295. The van der Waals surface area contributed by atoms with Crippen molar-refractivity contribution in [2.75, 3.05) is 6.61 Å². The molecule has 0 unspecified atom stereocenters. The Morgan fingerprint density at radius 2 is 1.12 bits per heavy atom. The van der Waals surface area contributed by atoms with E-state index in [1.165, 1.54) is 101 Å². The van der Waals surface area contributed by atoms with Crippen molar-refractivity contribution in [3.63, 3.8) is 0 Å². The summed E-state index contributed by atoms with van der Waals surface area (Å²) in [7, 11) is 0. The lowest BCUT2D eigenvalue weighted by atomic mass is 10.1. The van der Waals surface area contributed by atoms with Gasteiger partial charge in [-0.3, -0.25) is 4.79 Å².